The molecule has 0 spiro atoms. The number of hydrogen-bond donors (Lipinski definition) is 2. The molecule has 0 saturated heterocycles. The Balaban J connectivity index is 1.44. The van der Waals surface area contributed by atoms with Gasteiger partial charge in [-0.1, -0.05) is 11.2 Å². The summed E-state index contributed by atoms with van der Waals surface area (Å²) in [4.78, 5) is 24.1. The number of aromatic nitrogens is 1. The number of nitrogens with zero attached hydrogens (tertiary/aromatic N) is 1. The highest BCUT2D eigenvalue weighted by Crippen LogP contribution is 2.26. The van der Waals surface area contributed by atoms with Crippen molar-refractivity contribution in [2.24, 2.45) is 0 Å². The molecule has 1 aliphatic rings. The molecule has 2 heterocycles. The van der Waals surface area contributed by atoms with Crippen molar-refractivity contribution in [1.29, 1.82) is 0 Å². The van der Waals surface area contributed by atoms with Gasteiger partial charge in [0.05, 0.1) is 11.3 Å². The van der Waals surface area contributed by atoms with Crippen LogP contribution in [0, 0.1) is 13.8 Å². The fraction of sp³-hybridized carbons (Fsp3) is 0.227. The van der Waals surface area contributed by atoms with Gasteiger partial charge >= 0.3 is 0 Å². The number of benzene rings is 2. The van der Waals surface area contributed by atoms with Gasteiger partial charge in [0, 0.05) is 23.4 Å². The third-order valence-electron chi connectivity index (χ3n) is 4.92. The predicted octanol–water partition coefficient (Wildman–Crippen LogP) is 4.01. The molecule has 4 rings (SSSR count). The van der Waals surface area contributed by atoms with Crippen LogP contribution in [0.4, 0.5) is 11.4 Å². The number of rotatable bonds is 5. The quantitative estimate of drug-likeness (QED) is 0.685. The van der Waals surface area contributed by atoms with Gasteiger partial charge in [0.25, 0.3) is 5.91 Å². The van der Waals surface area contributed by atoms with E-state index in [-0.39, 0.29) is 11.8 Å². The zero-order valence-electron chi connectivity index (χ0n) is 16.2. The first-order chi connectivity index (χ1) is 14.0. The molecule has 148 valence electrons. The maximum Gasteiger partial charge on any atom is 0.255 e. The second-order valence-corrected chi connectivity index (χ2v) is 6.99. The van der Waals surface area contributed by atoms with E-state index in [9.17, 15) is 9.59 Å². The van der Waals surface area contributed by atoms with Gasteiger partial charge in [-0.05, 0) is 62.2 Å². The first-order valence-electron chi connectivity index (χ1n) is 9.38. The molecule has 2 N–H and O–H groups in total. The lowest BCUT2D eigenvalue weighted by molar-refractivity contribution is -0.116. The van der Waals surface area contributed by atoms with Crippen LogP contribution >= 0.6 is 0 Å². The molecule has 1 aliphatic heterocycles. The van der Waals surface area contributed by atoms with Crippen molar-refractivity contribution in [3.63, 3.8) is 0 Å². The number of nitrogens with one attached hydrogen (secondary N) is 2. The maximum absolute atomic E-state index is 12.7. The third-order valence-corrected chi connectivity index (χ3v) is 4.92. The highest BCUT2D eigenvalue weighted by Gasteiger charge is 2.16. The second-order valence-electron chi connectivity index (χ2n) is 6.99. The molecule has 0 unspecified atom stereocenters. The Bertz CT molecular complexity index is 1070. The van der Waals surface area contributed by atoms with Gasteiger partial charge in [-0.2, -0.15) is 0 Å². The Morgan fingerprint density at radius 2 is 2.07 bits per heavy atom. The van der Waals surface area contributed by atoms with E-state index in [1.54, 1.807) is 30.3 Å². The van der Waals surface area contributed by atoms with Crippen LogP contribution in [-0.2, 0) is 17.8 Å². The molecule has 7 nitrogen and oxygen atoms in total. The molecule has 0 fully saturated rings. The Kier molecular flexibility index (Phi) is 5.03. The standard InChI is InChI=1S/C22H21N3O4/c1-13-19(14(2)29-25-13)12-28-18-5-3-4-16(11-18)22(27)23-17-7-8-20-15(10-17)6-9-21(26)24-20/h3-5,7-8,10-11H,6,9,12H2,1-2H3,(H,23,27)(H,24,26). The van der Waals surface area contributed by atoms with Gasteiger partial charge in [-0.25, -0.2) is 0 Å². The number of ether oxygens (including phenoxy) is 1. The second kappa shape index (κ2) is 7.79. The van der Waals surface area contributed by atoms with Crippen molar-refractivity contribution in [2.45, 2.75) is 33.3 Å². The van der Waals surface area contributed by atoms with Gasteiger partial charge in [0.2, 0.25) is 5.91 Å². The summed E-state index contributed by atoms with van der Waals surface area (Å²) in [7, 11) is 0. The summed E-state index contributed by atoms with van der Waals surface area (Å²) < 4.78 is 11.0. The van der Waals surface area contributed by atoms with E-state index < -0.39 is 0 Å². The molecule has 0 radical (unpaired) electrons. The summed E-state index contributed by atoms with van der Waals surface area (Å²) >= 11 is 0. The number of amides is 2. The molecule has 2 amide bonds. The number of anilines is 2. The highest BCUT2D eigenvalue weighted by atomic mass is 16.5. The molecule has 1 aromatic heterocycles. The summed E-state index contributed by atoms with van der Waals surface area (Å²) in [5.41, 5.74) is 4.69. The van der Waals surface area contributed by atoms with Gasteiger partial charge in [-0.15, -0.1) is 0 Å². The Morgan fingerprint density at radius 3 is 2.86 bits per heavy atom. The lowest BCUT2D eigenvalue weighted by Gasteiger charge is -2.17. The number of hydrogen-bond acceptors (Lipinski definition) is 5. The van der Waals surface area contributed by atoms with Gasteiger partial charge in [0.1, 0.15) is 18.1 Å². The van der Waals surface area contributed by atoms with Crippen LogP contribution in [0.5, 0.6) is 5.75 Å². The molecule has 0 atom stereocenters. The van der Waals surface area contributed by atoms with Crippen LogP contribution < -0.4 is 15.4 Å². The number of fused-ring (bicyclic) bond motifs is 1. The summed E-state index contributed by atoms with van der Waals surface area (Å²) in [5.74, 6) is 1.10. The average molecular weight is 391 g/mol. The first-order valence-corrected chi connectivity index (χ1v) is 9.38. The van der Waals surface area contributed by atoms with E-state index in [0.717, 1.165) is 28.3 Å². The zero-order valence-corrected chi connectivity index (χ0v) is 16.2. The lowest BCUT2D eigenvalue weighted by atomic mass is 10.0. The monoisotopic (exact) mass is 391 g/mol. The summed E-state index contributed by atoms with van der Waals surface area (Å²) in [5, 5.41) is 9.65. The first kappa shape index (κ1) is 18.7. The number of carbonyl (C=O) groups is 2. The van der Waals surface area contributed by atoms with Crippen molar-refractivity contribution in [2.75, 3.05) is 10.6 Å². The van der Waals surface area contributed by atoms with Crippen LogP contribution in [0.2, 0.25) is 0 Å². The van der Waals surface area contributed by atoms with Gasteiger partial charge in [-0.3, -0.25) is 9.59 Å². The van der Waals surface area contributed by atoms with Crippen molar-refractivity contribution in [1.82, 2.24) is 5.16 Å². The van der Waals surface area contributed by atoms with Crippen LogP contribution in [-0.4, -0.2) is 17.0 Å². The van der Waals surface area contributed by atoms with Gasteiger partial charge < -0.3 is 19.9 Å². The zero-order chi connectivity index (χ0) is 20.4. The number of aryl methyl sites for hydroxylation is 3. The largest absolute Gasteiger partial charge is 0.489 e. The predicted molar refractivity (Wildman–Crippen MR) is 108 cm³/mol. The molecule has 0 saturated carbocycles. The third kappa shape index (κ3) is 4.13. The SMILES string of the molecule is Cc1noc(C)c1COc1cccc(C(=O)Nc2ccc3c(c2)CCC(=O)N3)c1. The fourth-order valence-electron chi connectivity index (χ4n) is 3.25. The lowest BCUT2D eigenvalue weighted by Crippen LogP contribution is -2.19. The molecular weight excluding hydrogens is 370 g/mol. The van der Waals surface area contributed by atoms with E-state index in [2.05, 4.69) is 15.8 Å². The van der Waals surface area contributed by atoms with Crippen LogP contribution in [0.1, 0.15) is 39.4 Å². The molecule has 7 heteroatoms. The van der Waals surface area contributed by atoms with E-state index in [4.69, 9.17) is 9.26 Å². The summed E-state index contributed by atoms with van der Waals surface area (Å²) in [6, 6.07) is 12.5. The van der Waals surface area contributed by atoms with Crippen molar-refractivity contribution in [3.05, 3.63) is 70.6 Å². The highest BCUT2D eigenvalue weighted by molar-refractivity contribution is 6.05. The minimum absolute atomic E-state index is 0.0164. The minimum atomic E-state index is -0.229. The van der Waals surface area contributed by atoms with E-state index >= 15 is 0 Å². The molecular formula is C22H21N3O4. The molecule has 3 aromatic rings. The fourth-order valence-corrected chi connectivity index (χ4v) is 3.25. The van der Waals surface area contributed by atoms with Crippen molar-refractivity contribution < 1.29 is 18.8 Å². The van der Waals surface area contributed by atoms with E-state index in [0.29, 0.717) is 36.4 Å². The molecule has 0 aliphatic carbocycles. The smallest absolute Gasteiger partial charge is 0.255 e. The average Bonchev–Trinajstić information content (AvgIpc) is 3.04. The Labute approximate surface area is 168 Å². The van der Waals surface area contributed by atoms with Crippen LogP contribution in [0.25, 0.3) is 0 Å². The summed E-state index contributed by atoms with van der Waals surface area (Å²) in [6.07, 6.45) is 1.12. The minimum Gasteiger partial charge on any atom is -0.489 e. The molecule has 2 aromatic carbocycles. The van der Waals surface area contributed by atoms with E-state index in [1.807, 2.05) is 26.0 Å². The number of carbonyl (C=O) groups excluding carboxylic acids is 2. The van der Waals surface area contributed by atoms with Crippen molar-refractivity contribution in [3.8, 4) is 5.75 Å². The van der Waals surface area contributed by atoms with Crippen LogP contribution in [0.3, 0.4) is 0 Å². The molecule has 0 bridgehead atoms. The maximum atomic E-state index is 12.7. The van der Waals surface area contributed by atoms with E-state index in [1.165, 1.54) is 0 Å². The van der Waals surface area contributed by atoms with Crippen molar-refractivity contribution >= 4 is 23.2 Å². The Hall–Kier alpha value is -3.61. The van der Waals surface area contributed by atoms with Crippen LogP contribution in [0.15, 0.2) is 47.0 Å². The normalized spacial score (nSPS) is 12.8. The summed E-state index contributed by atoms with van der Waals surface area (Å²) in [6.45, 7) is 4.03. The topological polar surface area (TPSA) is 93.5 Å². The van der Waals surface area contributed by atoms with Gasteiger partial charge in [0.15, 0.2) is 0 Å². The Morgan fingerprint density at radius 1 is 1.21 bits per heavy atom. The molecule has 29 heavy (non-hydrogen) atoms.